The smallest absolute Gasteiger partial charge is 0.178 e. The molecule has 0 spiro atoms. The maximum absolute atomic E-state index is 11.4. The number of hydrogen-bond donors (Lipinski definition) is 1. The van der Waals surface area contributed by atoms with Gasteiger partial charge in [0.2, 0.25) is 0 Å². The summed E-state index contributed by atoms with van der Waals surface area (Å²) in [7, 11) is -3.17. The van der Waals surface area contributed by atoms with Crippen molar-refractivity contribution in [1.82, 2.24) is 15.0 Å². The van der Waals surface area contributed by atoms with Crippen molar-refractivity contribution in [3.8, 4) is 11.4 Å². The van der Waals surface area contributed by atoms with Crippen LogP contribution in [0, 0.1) is 6.92 Å². The second kappa shape index (κ2) is 4.42. The largest absolute Gasteiger partial charge is 0.337 e. The summed E-state index contributed by atoms with van der Waals surface area (Å²) in [6.45, 7) is 1.91. The SMILES string of the molecule is Cc1ccc2[nH]c(-c3ccc(S(C)(=O)=O)cc3)nc2n1. The summed E-state index contributed by atoms with van der Waals surface area (Å²) < 4.78 is 22.9. The molecule has 0 radical (unpaired) electrons. The van der Waals surface area contributed by atoms with E-state index in [1.807, 2.05) is 19.1 Å². The first-order valence-electron chi connectivity index (χ1n) is 6.07. The van der Waals surface area contributed by atoms with Gasteiger partial charge < -0.3 is 4.98 Å². The molecule has 2 aromatic heterocycles. The molecule has 6 heteroatoms. The minimum atomic E-state index is -3.17. The Balaban J connectivity index is 2.07. The van der Waals surface area contributed by atoms with Gasteiger partial charge in [0.1, 0.15) is 5.82 Å². The number of nitrogens with zero attached hydrogens (tertiary/aromatic N) is 2. The quantitative estimate of drug-likeness (QED) is 0.785. The predicted molar refractivity (Wildman–Crippen MR) is 77.2 cm³/mol. The third kappa shape index (κ3) is 2.30. The van der Waals surface area contributed by atoms with Crippen LogP contribution < -0.4 is 0 Å². The molecule has 0 saturated heterocycles. The van der Waals surface area contributed by atoms with Crippen LogP contribution in [0.5, 0.6) is 0 Å². The Morgan fingerprint density at radius 2 is 1.70 bits per heavy atom. The number of aromatic nitrogens is 3. The van der Waals surface area contributed by atoms with Crippen molar-refractivity contribution < 1.29 is 8.42 Å². The summed E-state index contributed by atoms with van der Waals surface area (Å²) in [5.41, 5.74) is 3.25. The Bertz CT molecular complexity index is 880. The van der Waals surface area contributed by atoms with Gasteiger partial charge in [-0.15, -0.1) is 0 Å². The number of rotatable bonds is 2. The van der Waals surface area contributed by atoms with Crippen LogP contribution in [0.25, 0.3) is 22.6 Å². The molecule has 0 saturated carbocycles. The normalized spacial score (nSPS) is 11.9. The lowest BCUT2D eigenvalue weighted by atomic mass is 10.2. The number of aryl methyl sites for hydroxylation is 1. The fraction of sp³-hybridized carbons (Fsp3) is 0.143. The first-order chi connectivity index (χ1) is 9.43. The Morgan fingerprint density at radius 1 is 1.00 bits per heavy atom. The van der Waals surface area contributed by atoms with Crippen LogP contribution in [0.4, 0.5) is 0 Å². The fourth-order valence-corrected chi connectivity index (χ4v) is 2.61. The highest BCUT2D eigenvalue weighted by Crippen LogP contribution is 2.21. The van der Waals surface area contributed by atoms with Gasteiger partial charge in [-0.2, -0.15) is 0 Å². The fourth-order valence-electron chi connectivity index (χ4n) is 1.98. The maximum Gasteiger partial charge on any atom is 0.178 e. The summed E-state index contributed by atoms with van der Waals surface area (Å²) in [6, 6.07) is 10.5. The monoisotopic (exact) mass is 287 g/mol. The summed E-state index contributed by atoms with van der Waals surface area (Å²) in [6.07, 6.45) is 1.19. The number of pyridine rings is 1. The average molecular weight is 287 g/mol. The lowest BCUT2D eigenvalue weighted by Gasteiger charge is -1.99. The molecule has 1 N–H and O–H groups in total. The molecule has 20 heavy (non-hydrogen) atoms. The van der Waals surface area contributed by atoms with Crippen LogP contribution >= 0.6 is 0 Å². The minimum absolute atomic E-state index is 0.298. The molecule has 0 aliphatic rings. The highest BCUT2D eigenvalue weighted by atomic mass is 32.2. The Labute approximate surface area is 116 Å². The van der Waals surface area contributed by atoms with Crippen molar-refractivity contribution in [2.45, 2.75) is 11.8 Å². The van der Waals surface area contributed by atoms with E-state index >= 15 is 0 Å². The highest BCUT2D eigenvalue weighted by Gasteiger charge is 2.09. The second-order valence-corrected chi connectivity index (χ2v) is 6.72. The van der Waals surface area contributed by atoms with Crippen molar-refractivity contribution in [2.75, 3.05) is 6.26 Å². The van der Waals surface area contributed by atoms with Crippen LogP contribution in [-0.2, 0) is 9.84 Å². The summed E-state index contributed by atoms with van der Waals surface area (Å²) in [5.74, 6) is 0.679. The number of imidazole rings is 1. The molecule has 3 aromatic rings. The molecule has 0 bridgehead atoms. The van der Waals surface area contributed by atoms with Crippen molar-refractivity contribution in [1.29, 1.82) is 0 Å². The molecular formula is C14H13N3O2S. The molecule has 0 fully saturated rings. The minimum Gasteiger partial charge on any atom is -0.337 e. The molecule has 102 valence electrons. The lowest BCUT2D eigenvalue weighted by molar-refractivity contribution is 0.602. The topological polar surface area (TPSA) is 75.7 Å². The van der Waals surface area contributed by atoms with Crippen molar-refractivity contribution in [3.63, 3.8) is 0 Å². The Hall–Kier alpha value is -2.21. The molecule has 0 aliphatic heterocycles. The van der Waals surface area contributed by atoms with Gasteiger partial charge in [-0.25, -0.2) is 18.4 Å². The van der Waals surface area contributed by atoms with Gasteiger partial charge in [-0.1, -0.05) is 0 Å². The van der Waals surface area contributed by atoms with Crippen molar-refractivity contribution in [3.05, 3.63) is 42.1 Å². The van der Waals surface area contributed by atoms with E-state index in [2.05, 4.69) is 15.0 Å². The van der Waals surface area contributed by atoms with Crippen molar-refractivity contribution >= 4 is 21.0 Å². The number of sulfone groups is 1. The molecule has 0 unspecified atom stereocenters. The van der Waals surface area contributed by atoms with E-state index in [9.17, 15) is 8.42 Å². The zero-order valence-electron chi connectivity index (χ0n) is 11.1. The molecule has 2 heterocycles. The van der Waals surface area contributed by atoms with Gasteiger partial charge in [0.15, 0.2) is 15.5 Å². The number of hydrogen-bond acceptors (Lipinski definition) is 4. The van der Waals surface area contributed by atoms with Gasteiger partial charge in [0.05, 0.1) is 10.4 Å². The standard InChI is InChI=1S/C14H13N3O2S/c1-9-3-8-12-14(15-9)17-13(16-12)10-4-6-11(7-5-10)20(2,18)19/h3-8H,1-2H3,(H,15,16,17). The van der Waals surface area contributed by atoms with Crippen LogP contribution in [0.15, 0.2) is 41.3 Å². The number of nitrogens with one attached hydrogen (secondary N) is 1. The zero-order valence-corrected chi connectivity index (χ0v) is 11.9. The third-order valence-corrected chi connectivity index (χ3v) is 4.17. The van der Waals surface area contributed by atoms with Gasteiger partial charge in [-0.3, -0.25) is 0 Å². The van der Waals surface area contributed by atoms with Gasteiger partial charge in [0.25, 0.3) is 0 Å². The highest BCUT2D eigenvalue weighted by molar-refractivity contribution is 7.90. The van der Waals surface area contributed by atoms with E-state index in [0.29, 0.717) is 16.4 Å². The molecule has 0 atom stereocenters. The van der Waals surface area contributed by atoms with Crippen molar-refractivity contribution in [2.24, 2.45) is 0 Å². The average Bonchev–Trinajstić information content (AvgIpc) is 2.80. The second-order valence-electron chi connectivity index (χ2n) is 4.71. The lowest BCUT2D eigenvalue weighted by Crippen LogP contribution is -1.96. The van der Waals surface area contributed by atoms with Gasteiger partial charge in [0, 0.05) is 17.5 Å². The number of benzene rings is 1. The van der Waals surface area contributed by atoms with E-state index < -0.39 is 9.84 Å². The summed E-state index contributed by atoms with van der Waals surface area (Å²) in [4.78, 5) is 12.2. The van der Waals surface area contributed by atoms with E-state index in [1.165, 1.54) is 6.26 Å². The van der Waals surface area contributed by atoms with E-state index in [-0.39, 0.29) is 0 Å². The molecule has 1 aromatic carbocycles. The Kier molecular flexibility index (Phi) is 2.83. The van der Waals surface area contributed by atoms with E-state index in [0.717, 1.165) is 16.8 Å². The van der Waals surface area contributed by atoms with Crippen LogP contribution in [0.2, 0.25) is 0 Å². The van der Waals surface area contributed by atoms with Crippen LogP contribution in [0.1, 0.15) is 5.69 Å². The summed E-state index contributed by atoms with van der Waals surface area (Å²) >= 11 is 0. The maximum atomic E-state index is 11.4. The first kappa shape index (κ1) is 12.8. The molecular weight excluding hydrogens is 274 g/mol. The zero-order chi connectivity index (χ0) is 14.3. The number of fused-ring (bicyclic) bond motifs is 1. The Morgan fingerprint density at radius 3 is 2.35 bits per heavy atom. The molecule has 5 nitrogen and oxygen atoms in total. The summed E-state index contributed by atoms with van der Waals surface area (Å²) in [5, 5.41) is 0. The van der Waals surface area contributed by atoms with E-state index in [1.54, 1.807) is 24.3 Å². The van der Waals surface area contributed by atoms with Crippen LogP contribution in [0.3, 0.4) is 0 Å². The van der Waals surface area contributed by atoms with Gasteiger partial charge in [-0.05, 0) is 43.3 Å². The molecule has 3 rings (SSSR count). The number of aromatic amines is 1. The van der Waals surface area contributed by atoms with Crippen LogP contribution in [-0.4, -0.2) is 29.6 Å². The molecule has 0 aliphatic carbocycles. The molecule has 0 amide bonds. The van der Waals surface area contributed by atoms with Gasteiger partial charge >= 0.3 is 0 Å². The van der Waals surface area contributed by atoms with E-state index in [4.69, 9.17) is 0 Å². The predicted octanol–water partition coefficient (Wildman–Crippen LogP) is 2.34. The third-order valence-electron chi connectivity index (χ3n) is 3.04. The first-order valence-corrected chi connectivity index (χ1v) is 7.96. The number of H-pyrrole nitrogens is 1.